The van der Waals surface area contributed by atoms with Crippen LogP contribution in [0.2, 0.25) is 0 Å². The molecule has 0 fully saturated rings. The number of aromatic nitrogens is 1. The topological polar surface area (TPSA) is 69.8 Å². The molecule has 1 aromatic carbocycles. The van der Waals surface area contributed by atoms with Gasteiger partial charge in [0.1, 0.15) is 11.5 Å². The molecule has 1 heterocycles. The molecule has 0 amide bonds. The molecule has 12 heavy (non-hydrogen) atoms. The van der Waals surface area contributed by atoms with E-state index in [4.69, 9.17) is 9.78 Å². The number of H-pyrrole nitrogens is 1. The Bertz CT molecular complexity index is 516. The summed E-state index contributed by atoms with van der Waals surface area (Å²) >= 11 is 0. The molecule has 0 saturated carbocycles. The van der Waals surface area contributed by atoms with Crippen molar-refractivity contribution < 1.29 is 4.52 Å². The van der Waals surface area contributed by atoms with Crippen LogP contribution in [-0.4, -0.2) is 5.16 Å². The zero-order valence-corrected chi connectivity index (χ0v) is 6.00. The predicted octanol–water partition coefficient (Wildman–Crippen LogP) is 0.993. The highest BCUT2D eigenvalue weighted by Crippen LogP contribution is 2.12. The van der Waals surface area contributed by atoms with E-state index in [0.29, 0.717) is 16.5 Å². The lowest BCUT2D eigenvalue weighted by molar-refractivity contribution is 0.449. The third-order valence-corrected chi connectivity index (χ3v) is 1.63. The van der Waals surface area contributed by atoms with Gasteiger partial charge in [0.15, 0.2) is 5.58 Å². The summed E-state index contributed by atoms with van der Waals surface area (Å²) in [4.78, 5) is 11.1. The van der Waals surface area contributed by atoms with Crippen molar-refractivity contribution >= 4 is 11.0 Å². The number of nitrogens with zero attached hydrogens (tertiary/aromatic N) is 1. The average Bonchev–Trinajstić information content (AvgIpc) is 2.48. The van der Waals surface area contributed by atoms with Crippen molar-refractivity contribution in [1.29, 1.82) is 5.26 Å². The fourth-order valence-electron chi connectivity index (χ4n) is 1.10. The van der Waals surface area contributed by atoms with Crippen LogP contribution in [0.4, 0.5) is 0 Å². The molecular formula is C8H4N2O2. The maximum absolute atomic E-state index is 11.1. The van der Waals surface area contributed by atoms with E-state index in [-0.39, 0.29) is 5.56 Å². The fourth-order valence-corrected chi connectivity index (χ4v) is 1.10. The van der Waals surface area contributed by atoms with Gasteiger partial charge in [0, 0.05) is 0 Å². The first-order valence-corrected chi connectivity index (χ1v) is 3.33. The molecule has 0 saturated heterocycles. The molecule has 58 valence electrons. The first-order valence-electron chi connectivity index (χ1n) is 3.33. The first kappa shape index (κ1) is 6.68. The van der Waals surface area contributed by atoms with Crippen LogP contribution < -0.4 is 5.56 Å². The van der Waals surface area contributed by atoms with Crippen LogP contribution in [0.3, 0.4) is 0 Å². The zero-order chi connectivity index (χ0) is 8.55. The molecule has 0 radical (unpaired) electrons. The van der Waals surface area contributed by atoms with Crippen molar-refractivity contribution in [2.75, 3.05) is 0 Å². The summed E-state index contributed by atoms with van der Waals surface area (Å²) < 4.78 is 4.80. The minimum Gasteiger partial charge on any atom is -0.378 e. The molecular weight excluding hydrogens is 156 g/mol. The number of benzene rings is 1. The van der Waals surface area contributed by atoms with E-state index in [2.05, 4.69) is 5.16 Å². The molecule has 2 rings (SSSR count). The minimum atomic E-state index is -0.359. The summed E-state index contributed by atoms with van der Waals surface area (Å²) in [6.45, 7) is 0. The molecule has 0 aliphatic carbocycles. The van der Waals surface area contributed by atoms with Gasteiger partial charge in [-0.1, -0.05) is 6.07 Å². The largest absolute Gasteiger partial charge is 0.378 e. The monoisotopic (exact) mass is 160 g/mol. The van der Waals surface area contributed by atoms with Gasteiger partial charge >= 0.3 is 0 Å². The minimum absolute atomic E-state index is 0.319. The van der Waals surface area contributed by atoms with E-state index in [1.165, 1.54) is 0 Å². The molecule has 0 unspecified atom stereocenters. The average molecular weight is 160 g/mol. The van der Waals surface area contributed by atoms with Crippen LogP contribution >= 0.6 is 0 Å². The molecule has 4 heteroatoms. The third-order valence-electron chi connectivity index (χ3n) is 1.63. The molecule has 4 nitrogen and oxygen atoms in total. The number of hydrogen-bond acceptors (Lipinski definition) is 3. The fraction of sp³-hybridized carbons (Fsp3) is 0. The summed E-state index contributed by atoms with van der Waals surface area (Å²) in [7, 11) is 0. The van der Waals surface area contributed by atoms with Gasteiger partial charge in [-0.15, -0.1) is 0 Å². The zero-order valence-electron chi connectivity index (χ0n) is 6.00. The SMILES string of the molecule is N#Cc1cccc2o[nH]c(=O)c12. The highest BCUT2D eigenvalue weighted by atomic mass is 16.5. The van der Waals surface area contributed by atoms with Crippen LogP contribution in [0.25, 0.3) is 11.0 Å². The first-order chi connectivity index (χ1) is 5.83. The number of fused-ring (bicyclic) bond motifs is 1. The smallest absolute Gasteiger partial charge is 0.289 e. The van der Waals surface area contributed by atoms with E-state index in [9.17, 15) is 4.79 Å². The van der Waals surface area contributed by atoms with E-state index in [1.807, 2.05) is 6.07 Å². The van der Waals surface area contributed by atoms with Gasteiger partial charge in [-0.2, -0.15) is 10.4 Å². The van der Waals surface area contributed by atoms with Crippen molar-refractivity contribution in [3.05, 3.63) is 34.1 Å². The highest BCUT2D eigenvalue weighted by Gasteiger charge is 2.06. The number of rotatable bonds is 0. The van der Waals surface area contributed by atoms with Gasteiger partial charge in [0.25, 0.3) is 5.56 Å². The van der Waals surface area contributed by atoms with E-state index in [1.54, 1.807) is 18.2 Å². The lowest BCUT2D eigenvalue weighted by atomic mass is 10.1. The Morgan fingerprint density at radius 1 is 1.50 bits per heavy atom. The number of aromatic amines is 1. The standard InChI is InChI=1S/C8H4N2O2/c9-4-5-2-1-3-6-7(5)8(11)10-12-6/h1-3H,(H,10,11). The van der Waals surface area contributed by atoms with Crippen molar-refractivity contribution in [1.82, 2.24) is 5.16 Å². The summed E-state index contributed by atoms with van der Waals surface area (Å²) in [5, 5.41) is 11.1. The molecule has 1 N–H and O–H groups in total. The van der Waals surface area contributed by atoms with Gasteiger partial charge in [-0.25, -0.2) is 0 Å². The van der Waals surface area contributed by atoms with E-state index < -0.39 is 0 Å². The second-order valence-electron chi connectivity index (χ2n) is 2.32. The number of hydrogen-bond donors (Lipinski definition) is 1. The molecule has 2 aromatic rings. The number of nitriles is 1. The second kappa shape index (κ2) is 2.24. The summed E-state index contributed by atoms with van der Waals surface area (Å²) in [6.07, 6.45) is 0. The molecule has 1 aromatic heterocycles. The van der Waals surface area contributed by atoms with Gasteiger partial charge in [-0.05, 0) is 12.1 Å². The summed E-state index contributed by atoms with van der Waals surface area (Å²) in [6, 6.07) is 6.79. The lowest BCUT2D eigenvalue weighted by Gasteiger charge is -1.85. The Morgan fingerprint density at radius 2 is 2.33 bits per heavy atom. The lowest BCUT2D eigenvalue weighted by Crippen LogP contribution is -1.98. The van der Waals surface area contributed by atoms with Crippen molar-refractivity contribution in [2.45, 2.75) is 0 Å². The second-order valence-corrected chi connectivity index (χ2v) is 2.32. The predicted molar refractivity (Wildman–Crippen MR) is 41.5 cm³/mol. The van der Waals surface area contributed by atoms with Gasteiger partial charge < -0.3 is 4.52 Å². The van der Waals surface area contributed by atoms with Gasteiger partial charge in [0.05, 0.1) is 5.56 Å². The Balaban J connectivity index is 3.06. The summed E-state index contributed by atoms with van der Waals surface area (Å²) in [5.74, 6) is 0. The third kappa shape index (κ3) is 0.736. The maximum atomic E-state index is 11.1. The Hall–Kier alpha value is -2.02. The van der Waals surface area contributed by atoms with Crippen LogP contribution in [0.15, 0.2) is 27.5 Å². The Labute approximate surface area is 67.0 Å². The molecule has 0 bridgehead atoms. The maximum Gasteiger partial charge on any atom is 0.289 e. The molecule has 0 aliphatic heterocycles. The van der Waals surface area contributed by atoms with E-state index in [0.717, 1.165) is 0 Å². The molecule has 0 atom stereocenters. The van der Waals surface area contributed by atoms with Crippen LogP contribution in [-0.2, 0) is 0 Å². The van der Waals surface area contributed by atoms with E-state index >= 15 is 0 Å². The van der Waals surface area contributed by atoms with Crippen LogP contribution in [0, 0.1) is 11.3 Å². The van der Waals surface area contributed by atoms with Crippen LogP contribution in [0.1, 0.15) is 5.56 Å². The Morgan fingerprint density at radius 3 is 3.08 bits per heavy atom. The van der Waals surface area contributed by atoms with Crippen molar-refractivity contribution in [3.8, 4) is 6.07 Å². The van der Waals surface area contributed by atoms with Gasteiger partial charge in [-0.3, -0.25) is 4.79 Å². The van der Waals surface area contributed by atoms with Crippen molar-refractivity contribution in [3.63, 3.8) is 0 Å². The van der Waals surface area contributed by atoms with Crippen LogP contribution in [0.5, 0.6) is 0 Å². The van der Waals surface area contributed by atoms with Gasteiger partial charge in [0.2, 0.25) is 0 Å². The Kier molecular flexibility index (Phi) is 1.25. The molecule has 0 spiro atoms. The highest BCUT2D eigenvalue weighted by molar-refractivity contribution is 5.82. The molecule has 0 aliphatic rings. The summed E-state index contributed by atoms with van der Waals surface area (Å²) in [5.41, 5.74) is 0.392. The quantitative estimate of drug-likeness (QED) is 0.624. The van der Waals surface area contributed by atoms with Crippen molar-refractivity contribution in [2.24, 2.45) is 0 Å². The normalized spacial score (nSPS) is 9.92. The number of nitrogens with one attached hydrogen (secondary N) is 1.